The van der Waals surface area contributed by atoms with Gasteiger partial charge < -0.3 is 18.3 Å². The Balaban J connectivity index is 0.768. The van der Waals surface area contributed by atoms with Gasteiger partial charge in [0.25, 0.3) is 0 Å². The lowest BCUT2D eigenvalue weighted by Crippen LogP contribution is -2.07. The molecule has 0 bridgehead atoms. The van der Waals surface area contributed by atoms with Crippen molar-refractivity contribution in [2.24, 2.45) is 0 Å². The first-order chi connectivity index (χ1) is 57.9. The van der Waals surface area contributed by atoms with Crippen molar-refractivity contribution in [1.29, 1.82) is 10.5 Å². The lowest BCUT2D eigenvalue weighted by atomic mass is 9.95. The molecule has 12 heteroatoms. The number of aryl methyl sites for hydroxylation is 7. The average molecular weight is 1570 g/mol. The quantitative estimate of drug-likeness (QED) is 0.114. The molecule has 6 nitrogen and oxygen atoms in total. The smallest absolute Gasteiger partial charge is 0.308 e. The second-order valence-electron chi connectivity index (χ2n) is 32.3. The molecule has 4 heterocycles. The second-order valence-corrected chi connectivity index (χ2v) is 32.3. The first-order valence-electron chi connectivity index (χ1n) is 40.0. The number of benzene rings is 16. The van der Waals surface area contributed by atoms with Crippen LogP contribution < -0.4 is 0 Å². The maximum absolute atomic E-state index is 15.3. The third-order valence-corrected chi connectivity index (χ3v) is 23.8. The molecule has 0 atom stereocenters. The normalized spacial score (nSPS) is 12.1. The number of rotatable bonds is 12. The number of fused-ring (bicyclic) bond motifs is 12. The molecule has 0 spiro atoms. The SMILES string of the molecule is Cc1cc(C)cc(-c2ccc3c(c2)c2ccccc2n3-c2cc(C#N)cc(-n3c4ccc(Cc5cc(C)cc(-c6ccc7c8ccccc8n(-c8cc(C#N)cc(-n9c%10ccccc%10c%10ccc(-c%11cc(C)cc(C)c%11)cc%109)c8-c8cccc(C(F)(F)F)c8)c7c6)c5)cc4c4cc(-c5cc(C)cc(C)c5)ccc43)c2-c2cccc(C(F)(F)F)c2)c1. The summed E-state index contributed by atoms with van der Waals surface area (Å²) in [5, 5.41) is 30.0. The zero-order valence-electron chi connectivity index (χ0n) is 66.6. The lowest BCUT2D eigenvalue weighted by molar-refractivity contribution is -0.138. The van der Waals surface area contributed by atoms with Gasteiger partial charge in [-0.25, -0.2) is 0 Å². The Morgan fingerprint density at radius 3 is 0.933 bits per heavy atom. The van der Waals surface area contributed by atoms with Crippen molar-refractivity contribution in [3.8, 4) is 102 Å². The molecule has 0 unspecified atom stereocenters. The minimum atomic E-state index is -4.69. The van der Waals surface area contributed by atoms with Crippen molar-refractivity contribution in [3.05, 3.63) is 382 Å². The van der Waals surface area contributed by atoms with Crippen LogP contribution in [-0.4, -0.2) is 18.3 Å². The summed E-state index contributed by atoms with van der Waals surface area (Å²) in [5.41, 5.74) is 26.7. The molecule has 578 valence electrons. The van der Waals surface area contributed by atoms with Crippen molar-refractivity contribution >= 4 is 87.2 Å². The Hall–Kier alpha value is -14.7. The summed E-state index contributed by atoms with van der Waals surface area (Å²) >= 11 is 0. The summed E-state index contributed by atoms with van der Waals surface area (Å²) < 4.78 is 100. The van der Waals surface area contributed by atoms with Crippen molar-refractivity contribution in [2.45, 2.75) is 67.2 Å². The summed E-state index contributed by atoms with van der Waals surface area (Å²) in [5.74, 6) is 0. The number of hydrogen-bond acceptors (Lipinski definition) is 2. The van der Waals surface area contributed by atoms with Crippen molar-refractivity contribution in [2.75, 3.05) is 0 Å². The van der Waals surface area contributed by atoms with Gasteiger partial charge in [-0.15, -0.1) is 0 Å². The number of para-hydroxylation sites is 3. The highest BCUT2D eigenvalue weighted by Gasteiger charge is 2.34. The van der Waals surface area contributed by atoms with E-state index in [4.69, 9.17) is 0 Å². The zero-order valence-corrected chi connectivity index (χ0v) is 66.6. The van der Waals surface area contributed by atoms with Gasteiger partial charge in [0.2, 0.25) is 0 Å². The highest BCUT2D eigenvalue weighted by Crippen LogP contribution is 2.50. The van der Waals surface area contributed by atoms with Crippen molar-refractivity contribution in [1.82, 2.24) is 18.3 Å². The minimum absolute atomic E-state index is 0.308. The molecule has 0 fully saturated rings. The van der Waals surface area contributed by atoms with Gasteiger partial charge in [0.05, 0.1) is 101 Å². The Morgan fingerprint density at radius 2 is 0.542 bits per heavy atom. The van der Waals surface area contributed by atoms with Crippen LogP contribution in [0.3, 0.4) is 0 Å². The molecule has 120 heavy (non-hydrogen) atoms. The van der Waals surface area contributed by atoms with Crippen LogP contribution in [0.15, 0.2) is 309 Å². The molecule has 0 N–H and O–H groups in total. The van der Waals surface area contributed by atoms with Crippen LogP contribution in [0.1, 0.15) is 72.3 Å². The highest BCUT2D eigenvalue weighted by atomic mass is 19.4. The number of nitrogens with zero attached hydrogens (tertiary/aromatic N) is 6. The molecular formula is C108H74F6N6. The van der Waals surface area contributed by atoms with E-state index in [1.54, 1.807) is 24.3 Å². The highest BCUT2D eigenvalue weighted by molar-refractivity contribution is 6.16. The van der Waals surface area contributed by atoms with Crippen LogP contribution in [0.25, 0.3) is 177 Å². The van der Waals surface area contributed by atoms with E-state index < -0.39 is 23.5 Å². The maximum Gasteiger partial charge on any atom is 0.416 e. The fourth-order valence-corrected chi connectivity index (χ4v) is 19.0. The van der Waals surface area contributed by atoms with E-state index in [9.17, 15) is 10.5 Å². The summed E-state index contributed by atoms with van der Waals surface area (Å²) in [6.07, 6.45) is -8.88. The lowest BCUT2D eigenvalue weighted by Gasteiger charge is -2.22. The molecule has 0 saturated heterocycles. The fraction of sp³-hybridized carbons (Fsp3) is 0.0926. The predicted octanol–water partition coefficient (Wildman–Crippen LogP) is 29.6. The number of halogens is 6. The van der Waals surface area contributed by atoms with E-state index in [0.29, 0.717) is 62.6 Å². The molecule has 0 aliphatic carbocycles. The van der Waals surface area contributed by atoms with Gasteiger partial charge in [-0.3, -0.25) is 0 Å². The van der Waals surface area contributed by atoms with Gasteiger partial charge in [-0.1, -0.05) is 233 Å². The van der Waals surface area contributed by atoms with E-state index >= 15 is 26.3 Å². The molecule has 0 saturated carbocycles. The number of aromatic nitrogens is 4. The third kappa shape index (κ3) is 12.7. The molecule has 0 aliphatic heterocycles. The Labute approximate surface area is 688 Å². The van der Waals surface area contributed by atoms with Crippen LogP contribution in [0.2, 0.25) is 0 Å². The molecule has 0 amide bonds. The van der Waals surface area contributed by atoms with E-state index in [0.717, 1.165) is 194 Å². The minimum Gasteiger partial charge on any atom is -0.308 e. The topological polar surface area (TPSA) is 67.3 Å². The standard InChI is InChI=1S/C108H74F6N6/c1-62-36-63(2)41-79(40-62)73-29-34-97-91(56-73)87-22-10-13-25-95(87)117(97)101-50-71(60-115)51-102(105(101)77-16-14-18-83(54-77)107(109,110)111)118-96-33-26-69(49-90(96)92-57-74(30-35-98(92)118)80-42-64(3)37-65(4)43-80)47-70-39-68(7)46-82(48-70)76-28-32-89-86-21-9-12-24-94(86)120(100(89)59-76)104-53-72(61-116)52-103(106(104)78-17-15-19-84(55-78)108(112,113)114)119-93-23-11-8-20-85(93)88-31-27-75(58-99(88)119)81-44-66(5)38-67(6)45-81/h8-46,48-59H,47H2,1-7H3. The molecule has 0 radical (unpaired) electrons. The van der Waals surface area contributed by atoms with Crippen LogP contribution in [0, 0.1) is 71.1 Å². The summed E-state index contributed by atoms with van der Waals surface area (Å²) in [7, 11) is 0. The number of alkyl halides is 6. The Kier molecular flexibility index (Phi) is 17.5. The predicted molar refractivity (Wildman–Crippen MR) is 478 cm³/mol. The molecular weight excluding hydrogens is 1500 g/mol. The largest absolute Gasteiger partial charge is 0.416 e. The second kappa shape index (κ2) is 28.3. The van der Waals surface area contributed by atoms with Gasteiger partial charge in [-0.05, 0) is 237 Å². The Bertz CT molecular complexity index is 7790. The fourth-order valence-electron chi connectivity index (χ4n) is 19.0. The molecule has 0 aliphatic rings. The number of nitriles is 2. The zero-order chi connectivity index (χ0) is 82.5. The summed E-state index contributed by atoms with van der Waals surface area (Å²) in [6, 6.07) is 105. The van der Waals surface area contributed by atoms with Gasteiger partial charge >= 0.3 is 12.4 Å². The van der Waals surface area contributed by atoms with Crippen molar-refractivity contribution < 1.29 is 26.3 Å². The van der Waals surface area contributed by atoms with E-state index in [1.165, 1.54) is 24.3 Å². The van der Waals surface area contributed by atoms with E-state index in [1.807, 2.05) is 66.7 Å². The van der Waals surface area contributed by atoms with Crippen LogP contribution >= 0.6 is 0 Å². The third-order valence-electron chi connectivity index (χ3n) is 23.8. The maximum atomic E-state index is 15.3. The van der Waals surface area contributed by atoms with E-state index in [2.05, 4.69) is 261 Å². The van der Waals surface area contributed by atoms with Gasteiger partial charge in [0.1, 0.15) is 0 Å². The Morgan fingerprint density at radius 1 is 0.233 bits per heavy atom. The van der Waals surface area contributed by atoms with E-state index in [-0.39, 0.29) is 0 Å². The number of hydrogen-bond donors (Lipinski definition) is 0. The average Bonchev–Trinajstić information content (AvgIpc) is 1.56. The monoisotopic (exact) mass is 1570 g/mol. The first kappa shape index (κ1) is 74.1. The summed E-state index contributed by atoms with van der Waals surface area (Å²) in [4.78, 5) is 0. The van der Waals surface area contributed by atoms with Crippen LogP contribution in [0.4, 0.5) is 26.3 Å². The van der Waals surface area contributed by atoms with Gasteiger partial charge in [0, 0.05) is 54.2 Å². The molecule has 20 rings (SSSR count). The van der Waals surface area contributed by atoms with Crippen molar-refractivity contribution in [3.63, 3.8) is 0 Å². The first-order valence-corrected chi connectivity index (χ1v) is 40.0. The molecule has 20 aromatic rings. The van der Waals surface area contributed by atoms with Gasteiger partial charge in [-0.2, -0.15) is 36.9 Å². The molecule has 16 aromatic carbocycles. The summed E-state index contributed by atoms with van der Waals surface area (Å²) in [6.45, 7) is 14.6. The molecule has 4 aromatic heterocycles. The van der Waals surface area contributed by atoms with Crippen LogP contribution in [-0.2, 0) is 18.8 Å². The van der Waals surface area contributed by atoms with Crippen LogP contribution in [0.5, 0.6) is 0 Å². The van der Waals surface area contributed by atoms with Gasteiger partial charge in [0.15, 0.2) is 0 Å².